The van der Waals surface area contributed by atoms with E-state index in [-0.39, 0.29) is 20.6 Å². The van der Waals surface area contributed by atoms with Gasteiger partial charge in [0.2, 0.25) is 0 Å². The first-order valence-electron chi connectivity index (χ1n) is 5.49. The van der Waals surface area contributed by atoms with E-state index in [9.17, 15) is 8.42 Å². The van der Waals surface area contributed by atoms with Crippen molar-refractivity contribution in [3.63, 3.8) is 0 Å². The molecule has 0 aliphatic carbocycles. The number of hydrogen-bond acceptors (Lipinski definition) is 4. The van der Waals surface area contributed by atoms with E-state index in [0.29, 0.717) is 11.3 Å². The Morgan fingerprint density at radius 3 is 2.55 bits per heavy atom. The highest BCUT2D eigenvalue weighted by molar-refractivity contribution is 7.92. The number of halogens is 2. The number of nitrogens with zero attached hydrogens (tertiary/aromatic N) is 1. The lowest BCUT2D eigenvalue weighted by Gasteiger charge is -2.11. The number of nitrogen functional groups attached to an aromatic ring is 1. The van der Waals surface area contributed by atoms with Gasteiger partial charge in [-0.15, -0.1) is 0 Å². The predicted octanol–water partition coefficient (Wildman–Crippen LogP) is 3.08. The molecule has 1 heterocycles. The lowest BCUT2D eigenvalue weighted by molar-refractivity contribution is 0.601. The number of pyridine rings is 1. The fraction of sp³-hybridized carbons (Fsp3) is 0.0833. The van der Waals surface area contributed by atoms with Crippen LogP contribution in [0, 0.1) is 6.92 Å². The maximum absolute atomic E-state index is 12.3. The Kier molecular flexibility index (Phi) is 4.08. The Hall–Kier alpha value is -1.50. The van der Waals surface area contributed by atoms with E-state index in [1.807, 2.05) is 0 Å². The number of aromatic nitrogens is 1. The molecule has 0 bridgehead atoms. The molecule has 0 aliphatic rings. The largest absolute Gasteiger partial charge is 0.398 e. The van der Waals surface area contributed by atoms with E-state index in [2.05, 4.69) is 9.71 Å². The lowest BCUT2D eigenvalue weighted by Crippen LogP contribution is -2.14. The van der Waals surface area contributed by atoms with Crippen LogP contribution in [0.3, 0.4) is 0 Å². The van der Waals surface area contributed by atoms with Crippen molar-refractivity contribution in [2.75, 3.05) is 10.5 Å². The molecular weight excluding hydrogens is 321 g/mol. The zero-order valence-corrected chi connectivity index (χ0v) is 12.7. The van der Waals surface area contributed by atoms with Crippen molar-refractivity contribution in [1.82, 2.24) is 4.98 Å². The van der Waals surface area contributed by atoms with Crippen LogP contribution in [0.1, 0.15) is 5.56 Å². The van der Waals surface area contributed by atoms with Crippen LogP contribution in [-0.2, 0) is 10.0 Å². The topological polar surface area (TPSA) is 85.1 Å². The molecule has 106 valence electrons. The normalized spacial score (nSPS) is 11.3. The highest BCUT2D eigenvalue weighted by atomic mass is 35.5. The number of anilines is 2. The summed E-state index contributed by atoms with van der Waals surface area (Å²) >= 11 is 11.8. The van der Waals surface area contributed by atoms with E-state index >= 15 is 0 Å². The maximum Gasteiger partial charge on any atom is 0.262 e. The minimum absolute atomic E-state index is 0.0366. The molecule has 5 nitrogen and oxygen atoms in total. The van der Waals surface area contributed by atoms with Crippen molar-refractivity contribution in [2.24, 2.45) is 0 Å². The minimum Gasteiger partial charge on any atom is -0.398 e. The van der Waals surface area contributed by atoms with E-state index in [0.717, 1.165) is 0 Å². The van der Waals surface area contributed by atoms with Gasteiger partial charge in [0.25, 0.3) is 10.0 Å². The third-order valence-corrected chi connectivity index (χ3v) is 4.75. The van der Waals surface area contributed by atoms with Gasteiger partial charge in [0, 0.05) is 16.9 Å². The van der Waals surface area contributed by atoms with Gasteiger partial charge in [-0.3, -0.25) is 9.71 Å². The van der Waals surface area contributed by atoms with Gasteiger partial charge in [-0.25, -0.2) is 8.42 Å². The Morgan fingerprint density at radius 2 is 1.95 bits per heavy atom. The summed E-state index contributed by atoms with van der Waals surface area (Å²) in [6, 6.07) is 4.16. The first-order valence-corrected chi connectivity index (χ1v) is 7.73. The first kappa shape index (κ1) is 14.9. The molecule has 8 heteroatoms. The summed E-state index contributed by atoms with van der Waals surface area (Å²) in [5.74, 6) is 0. The number of hydrogen-bond donors (Lipinski definition) is 2. The van der Waals surface area contributed by atoms with Gasteiger partial charge in [-0.1, -0.05) is 23.2 Å². The van der Waals surface area contributed by atoms with Gasteiger partial charge in [0.15, 0.2) is 0 Å². The van der Waals surface area contributed by atoms with Crippen molar-refractivity contribution in [3.05, 3.63) is 46.2 Å². The summed E-state index contributed by atoms with van der Waals surface area (Å²) in [5, 5.41) is 0.525. The van der Waals surface area contributed by atoms with Crippen molar-refractivity contribution < 1.29 is 8.42 Å². The monoisotopic (exact) mass is 331 g/mol. The van der Waals surface area contributed by atoms with Crippen LogP contribution in [0.15, 0.2) is 35.5 Å². The third-order valence-electron chi connectivity index (χ3n) is 2.68. The van der Waals surface area contributed by atoms with Crippen molar-refractivity contribution in [2.45, 2.75) is 11.8 Å². The summed E-state index contributed by atoms with van der Waals surface area (Å²) in [6.07, 6.45) is 2.78. The zero-order valence-electron chi connectivity index (χ0n) is 10.4. The summed E-state index contributed by atoms with van der Waals surface area (Å²) in [4.78, 5) is 3.77. The number of sulfonamides is 1. The van der Waals surface area contributed by atoms with Crippen LogP contribution < -0.4 is 10.5 Å². The SMILES string of the molecule is Cc1c(N)cc(S(=O)(=O)Nc2cnccc2Cl)cc1Cl. The molecule has 20 heavy (non-hydrogen) atoms. The number of nitrogens with two attached hydrogens (primary N) is 1. The van der Waals surface area contributed by atoms with E-state index in [1.54, 1.807) is 6.92 Å². The number of nitrogens with one attached hydrogen (secondary N) is 1. The van der Waals surface area contributed by atoms with Gasteiger partial charge in [-0.05, 0) is 30.7 Å². The molecule has 0 saturated carbocycles. The van der Waals surface area contributed by atoms with Gasteiger partial charge in [-0.2, -0.15) is 0 Å². The average Bonchev–Trinajstić information content (AvgIpc) is 2.38. The smallest absolute Gasteiger partial charge is 0.262 e. The Balaban J connectivity index is 2.44. The lowest BCUT2D eigenvalue weighted by atomic mass is 10.2. The van der Waals surface area contributed by atoms with Crippen LogP contribution in [-0.4, -0.2) is 13.4 Å². The molecule has 3 N–H and O–H groups in total. The highest BCUT2D eigenvalue weighted by Crippen LogP contribution is 2.28. The average molecular weight is 332 g/mol. The molecule has 0 amide bonds. The van der Waals surface area contributed by atoms with Crippen molar-refractivity contribution in [1.29, 1.82) is 0 Å². The number of benzene rings is 1. The molecule has 1 aromatic carbocycles. The van der Waals surface area contributed by atoms with Crippen LogP contribution in [0.4, 0.5) is 11.4 Å². The quantitative estimate of drug-likeness (QED) is 0.846. The third kappa shape index (κ3) is 2.98. The van der Waals surface area contributed by atoms with E-state index in [1.165, 1.54) is 30.6 Å². The summed E-state index contributed by atoms with van der Waals surface area (Å²) in [5.41, 5.74) is 6.84. The molecule has 1 aromatic heterocycles. The molecule has 2 rings (SSSR count). The second-order valence-electron chi connectivity index (χ2n) is 4.08. The molecule has 0 fully saturated rings. The Morgan fingerprint density at radius 1 is 1.25 bits per heavy atom. The Labute approximate surface area is 126 Å². The molecule has 0 unspecified atom stereocenters. The fourth-order valence-corrected chi connectivity index (χ4v) is 3.11. The molecule has 2 aromatic rings. The fourth-order valence-electron chi connectivity index (χ4n) is 1.49. The minimum atomic E-state index is -3.84. The van der Waals surface area contributed by atoms with Crippen LogP contribution in [0.2, 0.25) is 10.0 Å². The number of rotatable bonds is 3. The molecule has 0 atom stereocenters. The molecular formula is C12H11Cl2N3O2S. The van der Waals surface area contributed by atoms with Crippen molar-refractivity contribution in [3.8, 4) is 0 Å². The summed E-state index contributed by atoms with van der Waals surface area (Å²) < 4.78 is 26.9. The zero-order chi connectivity index (χ0) is 14.9. The second kappa shape index (κ2) is 5.47. The molecule has 0 aliphatic heterocycles. The maximum atomic E-state index is 12.3. The van der Waals surface area contributed by atoms with Crippen LogP contribution >= 0.6 is 23.2 Å². The highest BCUT2D eigenvalue weighted by Gasteiger charge is 2.18. The van der Waals surface area contributed by atoms with Gasteiger partial charge in [0.05, 0.1) is 21.8 Å². The van der Waals surface area contributed by atoms with E-state index in [4.69, 9.17) is 28.9 Å². The van der Waals surface area contributed by atoms with Crippen molar-refractivity contribution >= 4 is 44.6 Å². The molecule has 0 spiro atoms. The van der Waals surface area contributed by atoms with Gasteiger partial charge in [0.1, 0.15) is 0 Å². The van der Waals surface area contributed by atoms with Crippen LogP contribution in [0.25, 0.3) is 0 Å². The first-order chi connectivity index (χ1) is 9.31. The summed E-state index contributed by atoms with van der Waals surface area (Å²) in [6.45, 7) is 1.71. The second-order valence-corrected chi connectivity index (χ2v) is 6.58. The molecule has 0 saturated heterocycles. The Bertz CT molecular complexity index is 740. The standard InChI is InChI=1S/C12H11Cl2N3O2S/c1-7-10(14)4-8(5-11(7)15)20(18,19)17-12-6-16-3-2-9(12)13/h2-6,17H,15H2,1H3. The van der Waals surface area contributed by atoms with E-state index < -0.39 is 10.0 Å². The van der Waals surface area contributed by atoms with Gasteiger partial charge >= 0.3 is 0 Å². The van der Waals surface area contributed by atoms with Crippen LogP contribution in [0.5, 0.6) is 0 Å². The summed E-state index contributed by atoms with van der Waals surface area (Å²) in [7, 11) is -3.84. The predicted molar refractivity (Wildman–Crippen MR) is 80.7 cm³/mol. The van der Waals surface area contributed by atoms with Gasteiger partial charge < -0.3 is 5.73 Å². The molecule has 0 radical (unpaired) electrons.